The molecule has 1 heterocycles. The maximum absolute atomic E-state index is 13.3. The Labute approximate surface area is 100.0 Å². The van der Waals surface area contributed by atoms with Gasteiger partial charge in [-0.25, -0.2) is 4.39 Å². The normalized spacial score (nSPS) is 19.7. The molecule has 1 nitrogen and oxygen atoms in total. The highest BCUT2D eigenvalue weighted by Gasteiger charge is 2.15. The van der Waals surface area contributed by atoms with Crippen molar-refractivity contribution in [2.45, 2.75) is 25.2 Å². The number of fused-ring (bicyclic) bond motifs is 1. The summed E-state index contributed by atoms with van der Waals surface area (Å²) in [5.41, 5.74) is 2.12. The van der Waals surface area contributed by atoms with Gasteiger partial charge in [0, 0.05) is 11.6 Å². The minimum Gasteiger partial charge on any atom is -0.256 e. The lowest BCUT2D eigenvalue weighted by Gasteiger charge is -2.19. The fourth-order valence-corrected chi connectivity index (χ4v) is 2.57. The topological polar surface area (TPSA) is 12.9 Å². The molecule has 0 N–H and O–H groups in total. The van der Waals surface area contributed by atoms with Crippen LogP contribution in [0, 0.1) is 5.82 Å². The predicted octanol–water partition coefficient (Wildman–Crippen LogP) is 4.20. The molecule has 2 aromatic rings. The molecule has 1 aromatic heterocycles. The molecule has 0 saturated carbocycles. The van der Waals surface area contributed by atoms with Crippen LogP contribution >= 0.6 is 0 Å². The molecule has 1 atom stereocenters. The highest BCUT2D eigenvalue weighted by Crippen LogP contribution is 2.33. The van der Waals surface area contributed by atoms with Crippen LogP contribution < -0.4 is 0 Å². The molecular formula is C15H14FN. The minimum atomic E-state index is -0.182. The molecule has 1 aromatic carbocycles. The lowest BCUT2D eigenvalue weighted by molar-refractivity contribution is 0.617. The molecule has 0 aliphatic heterocycles. The molecule has 1 aliphatic carbocycles. The van der Waals surface area contributed by atoms with E-state index in [0.29, 0.717) is 5.92 Å². The maximum Gasteiger partial charge on any atom is 0.123 e. The van der Waals surface area contributed by atoms with Gasteiger partial charge in [0.15, 0.2) is 0 Å². The van der Waals surface area contributed by atoms with Crippen LogP contribution in [0.25, 0.3) is 10.9 Å². The molecule has 0 bridgehead atoms. The van der Waals surface area contributed by atoms with Crippen LogP contribution in [-0.2, 0) is 0 Å². The van der Waals surface area contributed by atoms with Crippen LogP contribution in [0.1, 0.15) is 30.7 Å². The van der Waals surface area contributed by atoms with E-state index in [0.717, 1.165) is 30.2 Å². The fraction of sp³-hybridized carbons (Fsp3) is 0.267. The third kappa shape index (κ3) is 1.95. The van der Waals surface area contributed by atoms with E-state index in [2.05, 4.69) is 17.1 Å². The van der Waals surface area contributed by atoms with Gasteiger partial charge < -0.3 is 0 Å². The van der Waals surface area contributed by atoms with Gasteiger partial charge >= 0.3 is 0 Å². The Hall–Kier alpha value is -1.70. The third-order valence-electron chi connectivity index (χ3n) is 3.45. The molecule has 0 fully saturated rings. The summed E-state index contributed by atoms with van der Waals surface area (Å²) in [6, 6.07) is 6.87. The van der Waals surface area contributed by atoms with Crippen molar-refractivity contribution in [1.82, 2.24) is 4.98 Å². The van der Waals surface area contributed by atoms with Crippen molar-refractivity contribution >= 4 is 10.9 Å². The second kappa shape index (κ2) is 4.28. The number of allylic oxidation sites excluding steroid dienone is 2. The summed E-state index contributed by atoms with van der Waals surface area (Å²) in [6.07, 6.45) is 9.58. The van der Waals surface area contributed by atoms with Crippen molar-refractivity contribution in [2.24, 2.45) is 0 Å². The Balaban J connectivity index is 2.14. The van der Waals surface area contributed by atoms with Gasteiger partial charge in [0.25, 0.3) is 0 Å². The van der Waals surface area contributed by atoms with Crippen LogP contribution in [0.3, 0.4) is 0 Å². The van der Waals surface area contributed by atoms with E-state index in [1.54, 1.807) is 12.1 Å². The lowest BCUT2D eigenvalue weighted by atomic mass is 9.86. The monoisotopic (exact) mass is 227 g/mol. The van der Waals surface area contributed by atoms with E-state index in [9.17, 15) is 4.39 Å². The predicted molar refractivity (Wildman–Crippen MR) is 67.4 cm³/mol. The first-order chi connectivity index (χ1) is 8.34. The largest absolute Gasteiger partial charge is 0.256 e. The van der Waals surface area contributed by atoms with Crippen molar-refractivity contribution in [1.29, 1.82) is 0 Å². The Morgan fingerprint density at radius 2 is 2.12 bits per heavy atom. The maximum atomic E-state index is 13.3. The average molecular weight is 227 g/mol. The molecule has 0 spiro atoms. The first-order valence-electron chi connectivity index (χ1n) is 6.04. The van der Waals surface area contributed by atoms with Gasteiger partial charge in [-0.15, -0.1) is 0 Å². The van der Waals surface area contributed by atoms with E-state index in [-0.39, 0.29) is 5.82 Å². The van der Waals surface area contributed by atoms with Crippen molar-refractivity contribution in [3.63, 3.8) is 0 Å². The lowest BCUT2D eigenvalue weighted by Crippen LogP contribution is -2.02. The van der Waals surface area contributed by atoms with Gasteiger partial charge in [0.05, 0.1) is 5.52 Å². The number of hydrogen-bond acceptors (Lipinski definition) is 1. The number of pyridine rings is 1. The summed E-state index contributed by atoms with van der Waals surface area (Å²) in [4.78, 5) is 4.29. The van der Waals surface area contributed by atoms with Crippen molar-refractivity contribution in [3.05, 3.63) is 54.0 Å². The summed E-state index contributed by atoms with van der Waals surface area (Å²) in [5.74, 6) is 0.324. The molecule has 17 heavy (non-hydrogen) atoms. The number of aromatic nitrogens is 1. The molecule has 0 saturated heterocycles. The number of rotatable bonds is 1. The Bertz CT molecular complexity index is 574. The highest BCUT2D eigenvalue weighted by molar-refractivity contribution is 5.82. The Morgan fingerprint density at radius 1 is 1.18 bits per heavy atom. The Morgan fingerprint density at radius 3 is 2.94 bits per heavy atom. The minimum absolute atomic E-state index is 0.182. The molecular weight excluding hydrogens is 213 g/mol. The van der Waals surface area contributed by atoms with Crippen LogP contribution in [0.4, 0.5) is 4.39 Å². The second-order valence-electron chi connectivity index (χ2n) is 4.54. The number of nitrogens with zero attached hydrogens (tertiary/aromatic N) is 1. The van der Waals surface area contributed by atoms with Crippen molar-refractivity contribution in [3.8, 4) is 0 Å². The Kier molecular flexibility index (Phi) is 2.63. The summed E-state index contributed by atoms with van der Waals surface area (Å²) >= 11 is 0. The zero-order valence-corrected chi connectivity index (χ0v) is 9.57. The van der Waals surface area contributed by atoms with E-state index >= 15 is 0 Å². The highest BCUT2D eigenvalue weighted by atomic mass is 19.1. The summed E-state index contributed by atoms with van der Waals surface area (Å²) < 4.78 is 13.3. The molecule has 1 unspecified atom stereocenters. The van der Waals surface area contributed by atoms with Crippen LogP contribution in [0.15, 0.2) is 42.6 Å². The van der Waals surface area contributed by atoms with Crippen LogP contribution in [0.5, 0.6) is 0 Å². The molecule has 0 radical (unpaired) electrons. The number of benzene rings is 1. The fourth-order valence-electron chi connectivity index (χ4n) is 2.57. The van der Waals surface area contributed by atoms with E-state index in [1.807, 2.05) is 12.3 Å². The molecule has 0 amide bonds. The molecule has 2 heteroatoms. The van der Waals surface area contributed by atoms with Crippen LogP contribution in [0.2, 0.25) is 0 Å². The molecule has 1 aliphatic rings. The first kappa shape index (κ1) is 10.5. The van der Waals surface area contributed by atoms with Crippen molar-refractivity contribution in [2.75, 3.05) is 0 Å². The molecule has 86 valence electrons. The number of halogens is 1. The smallest absolute Gasteiger partial charge is 0.123 e. The second-order valence-corrected chi connectivity index (χ2v) is 4.54. The van der Waals surface area contributed by atoms with Gasteiger partial charge in [0.1, 0.15) is 5.82 Å². The van der Waals surface area contributed by atoms with Gasteiger partial charge in [0.2, 0.25) is 0 Å². The van der Waals surface area contributed by atoms with Gasteiger partial charge in [-0.2, -0.15) is 0 Å². The number of hydrogen-bond donors (Lipinski definition) is 0. The zero-order valence-electron chi connectivity index (χ0n) is 9.57. The van der Waals surface area contributed by atoms with E-state index in [4.69, 9.17) is 0 Å². The SMILES string of the molecule is Fc1ccc2nccc(C3CC=CCC3)c2c1. The van der Waals surface area contributed by atoms with Crippen molar-refractivity contribution < 1.29 is 4.39 Å². The standard InChI is InChI=1S/C15H14FN/c16-12-6-7-15-14(10-12)13(8-9-17-15)11-4-2-1-3-5-11/h1-2,6-11H,3-5H2. The zero-order chi connectivity index (χ0) is 11.7. The third-order valence-corrected chi connectivity index (χ3v) is 3.45. The van der Waals surface area contributed by atoms with Crippen LogP contribution in [-0.4, -0.2) is 4.98 Å². The summed E-state index contributed by atoms with van der Waals surface area (Å²) in [5, 5.41) is 0.966. The van der Waals surface area contributed by atoms with Gasteiger partial charge in [-0.3, -0.25) is 4.98 Å². The van der Waals surface area contributed by atoms with Gasteiger partial charge in [-0.1, -0.05) is 12.2 Å². The van der Waals surface area contributed by atoms with E-state index in [1.165, 1.54) is 11.6 Å². The summed E-state index contributed by atoms with van der Waals surface area (Å²) in [7, 11) is 0. The van der Waals surface area contributed by atoms with E-state index < -0.39 is 0 Å². The summed E-state index contributed by atoms with van der Waals surface area (Å²) in [6.45, 7) is 0. The van der Waals surface area contributed by atoms with Gasteiger partial charge in [-0.05, 0) is 55.0 Å². The molecule has 3 rings (SSSR count). The average Bonchev–Trinajstić information content (AvgIpc) is 2.39. The quantitative estimate of drug-likeness (QED) is 0.665. The first-order valence-corrected chi connectivity index (χ1v) is 6.04.